The second-order valence-corrected chi connectivity index (χ2v) is 6.86. The van der Waals surface area contributed by atoms with Crippen LogP contribution in [0.4, 0.5) is 0 Å². The molecule has 1 fully saturated rings. The van der Waals surface area contributed by atoms with Crippen molar-refractivity contribution in [2.24, 2.45) is 0 Å². The summed E-state index contributed by atoms with van der Waals surface area (Å²) in [5.74, 6) is 0.766. The minimum atomic E-state index is -0.487. The zero-order valence-electron chi connectivity index (χ0n) is 13.4. The van der Waals surface area contributed by atoms with Gasteiger partial charge in [-0.3, -0.25) is 9.69 Å². The predicted molar refractivity (Wildman–Crippen MR) is 89.4 cm³/mol. The number of carbonyl (C=O) groups excluding carboxylic acids is 1. The molecule has 0 bridgehead atoms. The van der Waals surface area contributed by atoms with Crippen LogP contribution in [0.25, 0.3) is 5.70 Å². The van der Waals surface area contributed by atoms with Gasteiger partial charge < -0.3 is 14.7 Å². The van der Waals surface area contributed by atoms with Crippen LogP contribution in [0.2, 0.25) is 5.02 Å². The smallest absolute Gasteiger partial charge is 0.241 e. The summed E-state index contributed by atoms with van der Waals surface area (Å²) in [5, 5.41) is 9.65. The number of aliphatic hydroxyl groups excluding tert-OH is 1. The summed E-state index contributed by atoms with van der Waals surface area (Å²) in [6.07, 6.45) is 1.98. The van der Waals surface area contributed by atoms with E-state index in [-0.39, 0.29) is 12.5 Å². The quantitative estimate of drug-likeness (QED) is 0.917. The number of ether oxygens (including phenoxy) is 1. The number of rotatable bonds is 3. The molecule has 0 spiro atoms. The lowest BCUT2D eigenvalue weighted by molar-refractivity contribution is -0.132. The zero-order valence-corrected chi connectivity index (χ0v) is 14.1. The van der Waals surface area contributed by atoms with Crippen LogP contribution in [0.1, 0.15) is 19.4 Å². The molecule has 1 aromatic carbocycles. The first-order chi connectivity index (χ1) is 10.9. The van der Waals surface area contributed by atoms with Crippen LogP contribution in [-0.4, -0.2) is 59.2 Å². The van der Waals surface area contributed by atoms with Gasteiger partial charge in [-0.05, 0) is 38.1 Å². The number of carbonyl (C=O) groups is 1. The molecule has 2 aliphatic rings. The molecule has 0 aliphatic carbocycles. The SMILES string of the molecule is CC1(C)C=C(N2CCN(CCO)CC2=O)c2cc(Cl)ccc2O1. The Balaban J connectivity index is 1.93. The molecule has 1 aromatic rings. The molecule has 2 heterocycles. The van der Waals surface area contributed by atoms with Crippen LogP contribution >= 0.6 is 11.6 Å². The van der Waals surface area contributed by atoms with Crippen LogP contribution in [0, 0.1) is 0 Å². The minimum Gasteiger partial charge on any atom is -0.483 e. The van der Waals surface area contributed by atoms with Gasteiger partial charge in [0.25, 0.3) is 0 Å². The molecular formula is C17H21ClN2O3. The predicted octanol–water partition coefficient (Wildman–Crippen LogP) is 1.99. The lowest BCUT2D eigenvalue weighted by Crippen LogP contribution is -2.50. The molecule has 124 valence electrons. The maximum absolute atomic E-state index is 12.6. The van der Waals surface area contributed by atoms with E-state index in [1.807, 2.05) is 37.0 Å². The molecule has 6 heteroatoms. The summed E-state index contributed by atoms with van der Waals surface area (Å²) in [6.45, 7) is 6.17. The van der Waals surface area contributed by atoms with E-state index in [1.165, 1.54) is 0 Å². The summed E-state index contributed by atoms with van der Waals surface area (Å²) in [7, 11) is 0. The highest BCUT2D eigenvalue weighted by Gasteiger charge is 2.33. The Labute approximate surface area is 141 Å². The Kier molecular flexibility index (Phi) is 4.36. The summed E-state index contributed by atoms with van der Waals surface area (Å²) in [5.41, 5.74) is 1.21. The first-order valence-corrected chi connectivity index (χ1v) is 8.13. The summed E-state index contributed by atoms with van der Waals surface area (Å²) in [4.78, 5) is 16.3. The summed E-state index contributed by atoms with van der Waals surface area (Å²) >= 11 is 6.13. The normalized spacial score (nSPS) is 20.8. The van der Waals surface area contributed by atoms with E-state index in [4.69, 9.17) is 21.4 Å². The van der Waals surface area contributed by atoms with Gasteiger partial charge in [0.05, 0.1) is 18.8 Å². The first-order valence-electron chi connectivity index (χ1n) is 7.75. The van der Waals surface area contributed by atoms with Crippen molar-refractivity contribution in [3.8, 4) is 5.75 Å². The zero-order chi connectivity index (χ0) is 16.6. The molecule has 2 aliphatic heterocycles. The Bertz CT molecular complexity index is 657. The van der Waals surface area contributed by atoms with Gasteiger partial charge in [0.15, 0.2) is 0 Å². The topological polar surface area (TPSA) is 53.0 Å². The van der Waals surface area contributed by atoms with Crippen molar-refractivity contribution in [2.45, 2.75) is 19.4 Å². The maximum atomic E-state index is 12.6. The van der Waals surface area contributed by atoms with E-state index in [0.29, 0.717) is 24.7 Å². The number of fused-ring (bicyclic) bond motifs is 1. The molecule has 0 saturated carbocycles. The van der Waals surface area contributed by atoms with Crippen molar-refractivity contribution in [3.63, 3.8) is 0 Å². The highest BCUT2D eigenvalue weighted by Crippen LogP contribution is 2.39. The molecule has 1 N–H and O–H groups in total. The van der Waals surface area contributed by atoms with Crippen molar-refractivity contribution >= 4 is 23.2 Å². The molecule has 5 nitrogen and oxygen atoms in total. The van der Waals surface area contributed by atoms with Crippen molar-refractivity contribution in [1.29, 1.82) is 0 Å². The van der Waals surface area contributed by atoms with Gasteiger partial charge in [0.2, 0.25) is 5.91 Å². The molecule has 0 aromatic heterocycles. The van der Waals surface area contributed by atoms with E-state index in [2.05, 4.69) is 0 Å². The third-order valence-corrected chi connectivity index (χ3v) is 4.32. The lowest BCUT2D eigenvalue weighted by Gasteiger charge is -2.39. The van der Waals surface area contributed by atoms with E-state index in [0.717, 1.165) is 23.6 Å². The summed E-state index contributed by atoms with van der Waals surface area (Å²) in [6, 6.07) is 5.48. The fourth-order valence-electron chi connectivity index (χ4n) is 3.04. The Morgan fingerprint density at radius 3 is 2.83 bits per heavy atom. The van der Waals surface area contributed by atoms with Gasteiger partial charge in [0.1, 0.15) is 11.4 Å². The number of hydrogen-bond acceptors (Lipinski definition) is 4. The summed E-state index contributed by atoms with van der Waals surface area (Å²) < 4.78 is 5.97. The monoisotopic (exact) mass is 336 g/mol. The highest BCUT2D eigenvalue weighted by molar-refractivity contribution is 6.30. The second-order valence-electron chi connectivity index (χ2n) is 6.42. The van der Waals surface area contributed by atoms with E-state index in [9.17, 15) is 4.79 Å². The lowest BCUT2D eigenvalue weighted by atomic mass is 9.97. The average molecular weight is 337 g/mol. The van der Waals surface area contributed by atoms with Crippen LogP contribution in [0.5, 0.6) is 5.75 Å². The van der Waals surface area contributed by atoms with E-state index in [1.54, 1.807) is 11.0 Å². The number of hydrogen-bond donors (Lipinski definition) is 1. The van der Waals surface area contributed by atoms with E-state index < -0.39 is 5.60 Å². The van der Waals surface area contributed by atoms with Gasteiger partial charge in [0, 0.05) is 30.2 Å². The second kappa shape index (κ2) is 6.15. The van der Waals surface area contributed by atoms with Crippen molar-refractivity contribution in [1.82, 2.24) is 9.80 Å². The van der Waals surface area contributed by atoms with Gasteiger partial charge in [-0.1, -0.05) is 11.6 Å². The standard InChI is InChI=1S/C17H21ClN2O3/c1-17(2)10-14(13-9-12(18)3-4-15(13)23-17)20-6-5-19(7-8-21)11-16(20)22/h3-4,9-10,21H,5-8,11H2,1-2H3. The van der Waals surface area contributed by atoms with Gasteiger partial charge in [-0.15, -0.1) is 0 Å². The number of piperazine rings is 1. The molecule has 1 amide bonds. The van der Waals surface area contributed by atoms with Crippen molar-refractivity contribution in [2.75, 3.05) is 32.8 Å². The van der Waals surface area contributed by atoms with Crippen LogP contribution in [0.15, 0.2) is 24.3 Å². The highest BCUT2D eigenvalue weighted by atomic mass is 35.5. The number of halogens is 1. The van der Waals surface area contributed by atoms with Crippen LogP contribution < -0.4 is 4.74 Å². The molecule has 0 atom stereocenters. The van der Waals surface area contributed by atoms with Gasteiger partial charge in [-0.2, -0.15) is 0 Å². The maximum Gasteiger partial charge on any atom is 0.241 e. The Morgan fingerprint density at radius 2 is 2.13 bits per heavy atom. The van der Waals surface area contributed by atoms with Crippen molar-refractivity contribution in [3.05, 3.63) is 34.9 Å². The minimum absolute atomic E-state index is 0.0274. The third kappa shape index (κ3) is 3.37. The Hall–Kier alpha value is -1.56. The van der Waals surface area contributed by atoms with E-state index >= 15 is 0 Å². The molecular weight excluding hydrogens is 316 g/mol. The first kappa shape index (κ1) is 16.3. The number of benzene rings is 1. The van der Waals surface area contributed by atoms with Crippen LogP contribution in [0.3, 0.4) is 0 Å². The Morgan fingerprint density at radius 1 is 1.35 bits per heavy atom. The van der Waals surface area contributed by atoms with Gasteiger partial charge >= 0.3 is 0 Å². The number of aliphatic hydroxyl groups is 1. The molecule has 3 rings (SSSR count). The number of nitrogens with zero attached hydrogens (tertiary/aromatic N) is 2. The fourth-order valence-corrected chi connectivity index (χ4v) is 3.22. The molecule has 1 saturated heterocycles. The fraction of sp³-hybridized carbons (Fsp3) is 0.471. The van der Waals surface area contributed by atoms with Crippen LogP contribution in [-0.2, 0) is 4.79 Å². The third-order valence-electron chi connectivity index (χ3n) is 4.08. The van der Waals surface area contributed by atoms with Crippen molar-refractivity contribution < 1.29 is 14.6 Å². The average Bonchev–Trinajstić information content (AvgIpc) is 2.47. The molecule has 0 unspecified atom stereocenters. The molecule has 23 heavy (non-hydrogen) atoms. The molecule has 0 radical (unpaired) electrons. The number of β-amino-alcohol motifs (C(OH)–C–C–N with tert-alkyl or cyclic N) is 1. The number of amides is 1. The van der Waals surface area contributed by atoms with Gasteiger partial charge in [-0.25, -0.2) is 0 Å². The largest absolute Gasteiger partial charge is 0.483 e.